The van der Waals surface area contributed by atoms with Gasteiger partial charge >= 0.3 is 0 Å². The number of hydrogen-bond donors (Lipinski definition) is 2. The standard InChI is InChI=1S/C12H24N4O/c13-12(14-17)5-9-15-8-4-11(10-15)16-6-2-1-3-7-16/h11,17H,1-10H2,(H2,13,14). The van der Waals surface area contributed by atoms with Gasteiger partial charge in [-0.05, 0) is 38.9 Å². The summed E-state index contributed by atoms with van der Waals surface area (Å²) in [6, 6.07) is 0.739. The van der Waals surface area contributed by atoms with E-state index in [9.17, 15) is 0 Å². The highest BCUT2D eigenvalue weighted by atomic mass is 16.4. The Kier molecular flexibility index (Phi) is 4.62. The fourth-order valence-electron chi connectivity index (χ4n) is 2.92. The number of nitrogens with two attached hydrogens (primary N) is 1. The first-order valence-electron chi connectivity index (χ1n) is 6.72. The van der Waals surface area contributed by atoms with Crippen molar-refractivity contribution in [2.75, 3.05) is 32.7 Å². The third-order valence-corrected chi connectivity index (χ3v) is 3.97. The van der Waals surface area contributed by atoms with Gasteiger partial charge in [-0.3, -0.25) is 4.90 Å². The molecule has 0 radical (unpaired) electrons. The molecular formula is C12H24N4O. The van der Waals surface area contributed by atoms with Gasteiger partial charge in [-0.25, -0.2) is 0 Å². The lowest BCUT2D eigenvalue weighted by Gasteiger charge is -2.32. The van der Waals surface area contributed by atoms with Crippen molar-refractivity contribution in [2.45, 2.75) is 38.1 Å². The van der Waals surface area contributed by atoms with E-state index in [2.05, 4.69) is 15.0 Å². The van der Waals surface area contributed by atoms with Crippen LogP contribution in [0.3, 0.4) is 0 Å². The highest BCUT2D eigenvalue weighted by Gasteiger charge is 2.27. The van der Waals surface area contributed by atoms with E-state index in [-0.39, 0.29) is 0 Å². The maximum Gasteiger partial charge on any atom is 0.140 e. The molecule has 0 spiro atoms. The molecule has 0 aromatic carbocycles. The van der Waals surface area contributed by atoms with Crippen LogP contribution >= 0.6 is 0 Å². The fraction of sp³-hybridized carbons (Fsp3) is 0.917. The van der Waals surface area contributed by atoms with Crippen molar-refractivity contribution >= 4 is 5.84 Å². The first-order valence-corrected chi connectivity index (χ1v) is 6.72. The SMILES string of the molecule is NC(CCN1CCC(N2CCCCC2)C1)=NO. The van der Waals surface area contributed by atoms with Crippen LogP contribution in [0.4, 0.5) is 0 Å². The molecule has 0 saturated carbocycles. The van der Waals surface area contributed by atoms with Gasteiger partial charge in [0.15, 0.2) is 0 Å². The maximum absolute atomic E-state index is 8.50. The van der Waals surface area contributed by atoms with Crippen molar-refractivity contribution in [1.29, 1.82) is 0 Å². The summed E-state index contributed by atoms with van der Waals surface area (Å²) in [4.78, 5) is 5.07. The second kappa shape index (κ2) is 6.21. The number of amidine groups is 1. The van der Waals surface area contributed by atoms with E-state index in [0.717, 1.165) is 25.7 Å². The second-order valence-electron chi connectivity index (χ2n) is 5.18. The van der Waals surface area contributed by atoms with E-state index in [1.807, 2.05) is 0 Å². The van der Waals surface area contributed by atoms with Crippen LogP contribution in [0.2, 0.25) is 0 Å². The molecule has 0 aromatic rings. The van der Waals surface area contributed by atoms with Gasteiger partial charge < -0.3 is 15.8 Å². The van der Waals surface area contributed by atoms with Gasteiger partial charge in [0.05, 0.1) is 0 Å². The molecule has 1 unspecified atom stereocenters. The normalized spacial score (nSPS) is 28.7. The topological polar surface area (TPSA) is 65.1 Å². The van der Waals surface area contributed by atoms with E-state index in [4.69, 9.17) is 10.9 Å². The van der Waals surface area contributed by atoms with Gasteiger partial charge in [0.2, 0.25) is 0 Å². The summed E-state index contributed by atoms with van der Waals surface area (Å²) < 4.78 is 0. The lowest BCUT2D eigenvalue weighted by atomic mass is 10.1. The highest BCUT2D eigenvalue weighted by molar-refractivity contribution is 5.79. The van der Waals surface area contributed by atoms with Crippen molar-refractivity contribution in [3.63, 3.8) is 0 Å². The average molecular weight is 240 g/mol. The van der Waals surface area contributed by atoms with Gasteiger partial charge in [-0.15, -0.1) is 0 Å². The van der Waals surface area contributed by atoms with Crippen LogP contribution in [0.5, 0.6) is 0 Å². The Morgan fingerprint density at radius 1 is 1.24 bits per heavy atom. The summed E-state index contributed by atoms with van der Waals surface area (Å²) >= 11 is 0. The van der Waals surface area contributed by atoms with Crippen LogP contribution < -0.4 is 5.73 Å². The second-order valence-corrected chi connectivity index (χ2v) is 5.18. The molecule has 2 aliphatic rings. The van der Waals surface area contributed by atoms with Gasteiger partial charge in [0.25, 0.3) is 0 Å². The molecule has 0 aliphatic carbocycles. The van der Waals surface area contributed by atoms with Crippen LogP contribution in [0.1, 0.15) is 32.1 Å². The van der Waals surface area contributed by atoms with E-state index < -0.39 is 0 Å². The summed E-state index contributed by atoms with van der Waals surface area (Å²) in [6.07, 6.45) is 6.07. The molecule has 0 aromatic heterocycles. The molecular weight excluding hydrogens is 216 g/mol. The third kappa shape index (κ3) is 3.57. The Balaban J connectivity index is 1.71. The van der Waals surface area contributed by atoms with Crippen molar-refractivity contribution in [1.82, 2.24) is 9.80 Å². The molecule has 2 rings (SSSR count). The summed E-state index contributed by atoms with van der Waals surface area (Å²) in [6.45, 7) is 5.77. The van der Waals surface area contributed by atoms with Crippen molar-refractivity contribution in [3.8, 4) is 0 Å². The number of rotatable bonds is 4. The zero-order chi connectivity index (χ0) is 12.1. The number of likely N-dealkylation sites (tertiary alicyclic amines) is 2. The van der Waals surface area contributed by atoms with Crippen molar-refractivity contribution in [3.05, 3.63) is 0 Å². The number of hydrogen-bond acceptors (Lipinski definition) is 4. The molecule has 1 atom stereocenters. The molecule has 3 N–H and O–H groups in total. The van der Waals surface area contributed by atoms with E-state index in [0.29, 0.717) is 12.3 Å². The third-order valence-electron chi connectivity index (χ3n) is 3.97. The summed E-state index contributed by atoms with van der Waals surface area (Å²) in [5, 5.41) is 11.5. The quantitative estimate of drug-likeness (QED) is 0.328. The lowest BCUT2D eigenvalue weighted by molar-refractivity contribution is 0.162. The van der Waals surface area contributed by atoms with Crippen LogP contribution in [-0.4, -0.2) is 59.6 Å². The number of piperidine rings is 1. The molecule has 2 fully saturated rings. The highest BCUT2D eigenvalue weighted by Crippen LogP contribution is 2.20. The molecule has 5 nitrogen and oxygen atoms in total. The molecule has 0 bridgehead atoms. The Labute approximate surface area is 103 Å². The van der Waals surface area contributed by atoms with E-state index in [1.54, 1.807) is 0 Å². The van der Waals surface area contributed by atoms with Gasteiger partial charge in [-0.2, -0.15) is 0 Å². The molecule has 2 aliphatic heterocycles. The largest absolute Gasteiger partial charge is 0.409 e. The maximum atomic E-state index is 8.50. The predicted molar refractivity (Wildman–Crippen MR) is 68.3 cm³/mol. The van der Waals surface area contributed by atoms with Crippen LogP contribution in [0.15, 0.2) is 5.16 Å². The Hall–Kier alpha value is -0.810. The lowest BCUT2D eigenvalue weighted by Crippen LogP contribution is -2.41. The van der Waals surface area contributed by atoms with E-state index >= 15 is 0 Å². The van der Waals surface area contributed by atoms with Gasteiger partial charge in [0, 0.05) is 25.6 Å². The minimum Gasteiger partial charge on any atom is -0.409 e. The molecule has 2 heterocycles. The van der Waals surface area contributed by atoms with Crippen LogP contribution in [-0.2, 0) is 0 Å². The minimum atomic E-state index is 0.339. The molecule has 0 amide bonds. The van der Waals surface area contributed by atoms with Gasteiger partial charge in [0.1, 0.15) is 5.84 Å². The number of oxime groups is 1. The summed E-state index contributed by atoms with van der Waals surface area (Å²) in [5.41, 5.74) is 5.49. The molecule has 98 valence electrons. The molecule has 17 heavy (non-hydrogen) atoms. The average Bonchev–Trinajstić information content (AvgIpc) is 2.86. The Bertz CT molecular complexity index is 263. The smallest absolute Gasteiger partial charge is 0.140 e. The van der Waals surface area contributed by atoms with Crippen molar-refractivity contribution in [2.24, 2.45) is 10.9 Å². The monoisotopic (exact) mass is 240 g/mol. The minimum absolute atomic E-state index is 0.339. The molecule has 5 heteroatoms. The number of nitrogens with zero attached hydrogens (tertiary/aromatic N) is 3. The fourth-order valence-corrected chi connectivity index (χ4v) is 2.92. The zero-order valence-corrected chi connectivity index (χ0v) is 10.5. The summed E-state index contributed by atoms with van der Waals surface area (Å²) in [7, 11) is 0. The van der Waals surface area contributed by atoms with Crippen molar-refractivity contribution < 1.29 is 5.21 Å². The van der Waals surface area contributed by atoms with Crippen LogP contribution in [0, 0.1) is 0 Å². The summed E-state index contributed by atoms with van der Waals surface area (Å²) in [5.74, 6) is 0.339. The molecule has 2 saturated heterocycles. The Morgan fingerprint density at radius 3 is 2.71 bits per heavy atom. The van der Waals surface area contributed by atoms with E-state index in [1.165, 1.54) is 38.8 Å². The Morgan fingerprint density at radius 2 is 2.00 bits per heavy atom. The predicted octanol–water partition coefficient (Wildman–Crippen LogP) is 0.683. The zero-order valence-electron chi connectivity index (χ0n) is 10.5. The first kappa shape index (κ1) is 12.6. The first-order chi connectivity index (χ1) is 8.29. The van der Waals surface area contributed by atoms with Gasteiger partial charge in [-0.1, -0.05) is 11.6 Å². The van der Waals surface area contributed by atoms with Crippen LogP contribution in [0.25, 0.3) is 0 Å².